The second kappa shape index (κ2) is 5.09. The number of nitrogens with one attached hydrogen (secondary N) is 1. The number of anilines is 1. The van der Waals surface area contributed by atoms with Crippen molar-refractivity contribution in [1.82, 2.24) is 20.2 Å². The number of thiophene rings is 1. The van der Waals surface area contributed by atoms with Gasteiger partial charge in [-0.1, -0.05) is 39.2 Å². The molecule has 0 fully saturated rings. The van der Waals surface area contributed by atoms with Crippen LogP contribution in [0.2, 0.25) is 0 Å². The second-order valence-electron chi connectivity index (χ2n) is 4.62. The zero-order valence-corrected chi connectivity index (χ0v) is 13.2. The Morgan fingerprint density at radius 1 is 1.19 bits per heavy atom. The van der Waals surface area contributed by atoms with Crippen molar-refractivity contribution in [3.63, 3.8) is 0 Å². The molecular formula is C14H10BrN5S. The van der Waals surface area contributed by atoms with Crippen LogP contribution in [0, 0.1) is 0 Å². The summed E-state index contributed by atoms with van der Waals surface area (Å²) in [4.78, 5) is 1.21. The van der Waals surface area contributed by atoms with Gasteiger partial charge >= 0.3 is 0 Å². The number of benzene rings is 1. The third-order valence-electron chi connectivity index (χ3n) is 3.32. The smallest absolute Gasteiger partial charge is 0.248 e. The van der Waals surface area contributed by atoms with E-state index >= 15 is 0 Å². The topological polar surface area (TPSA) is 55.6 Å². The molecule has 0 spiro atoms. The van der Waals surface area contributed by atoms with Gasteiger partial charge in [0.25, 0.3) is 0 Å². The number of tetrazole rings is 1. The van der Waals surface area contributed by atoms with E-state index in [2.05, 4.69) is 66.4 Å². The predicted molar refractivity (Wildman–Crippen MR) is 86.0 cm³/mol. The molecule has 3 aromatic rings. The van der Waals surface area contributed by atoms with Crippen LogP contribution >= 0.6 is 27.3 Å². The first-order valence-corrected chi connectivity index (χ1v) is 8.04. The largest absolute Gasteiger partial charge is 0.323 e. The Morgan fingerprint density at radius 2 is 2.05 bits per heavy atom. The summed E-state index contributed by atoms with van der Waals surface area (Å²) in [6.45, 7) is 0. The number of halogens is 1. The Morgan fingerprint density at radius 3 is 2.81 bits per heavy atom. The molecule has 2 aromatic heterocycles. The van der Waals surface area contributed by atoms with Crippen molar-refractivity contribution < 1.29 is 0 Å². The Kier molecular flexibility index (Phi) is 3.08. The van der Waals surface area contributed by atoms with E-state index in [0.29, 0.717) is 5.95 Å². The minimum absolute atomic E-state index is 0.0231. The molecule has 4 rings (SSSR count). The average molecular weight is 360 g/mol. The van der Waals surface area contributed by atoms with Crippen LogP contribution in [-0.2, 0) is 0 Å². The normalized spacial score (nSPS) is 17.0. The monoisotopic (exact) mass is 359 g/mol. The van der Waals surface area contributed by atoms with E-state index in [9.17, 15) is 0 Å². The first-order valence-electron chi connectivity index (χ1n) is 6.37. The molecule has 0 saturated carbocycles. The number of aromatic nitrogens is 4. The van der Waals surface area contributed by atoms with Crippen LogP contribution in [0.15, 0.2) is 52.3 Å². The molecule has 0 unspecified atom stereocenters. The molecule has 5 nitrogen and oxygen atoms in total. The standard InChI is InChI=1S/C14H10BrN5S/c15-10-5-3-9(4-6-10)11-8-12(13-2-1-7-21-13)20-14(16-11)17-18-19-20/h1-8,12H,(H,16,17,19)/t12-/m0/s1. The van der Waals surface area contributed by atoms with Gasteiger partial charge in [0.1, 0.15) is 6.04 Å². The lowest BCUT2D eigenvalue weighted by atomic mass is 10.1. The maximum absolute atomic E-state index is 4.08. The van der Waals surface area contributed by atoms with Gasteiger partial charge in [-0.25, -0.2) is 0 Å². The highest BCUT2D eigenvalue weighted by Gasteiger charge is 2.24. The van der Waals surface area contributed by atoms with E-state index in [0.717, 1.165) is 15.7 Å². The molecule has 0 radical (unpaired) electrons. The van der Waals surface area contributed by atoms with Crippen LogP contribution in [0.1, 0.15) is 16.5 Å². The van der Waals surface area contributed by atoms with Crippen LogP contribution in [0.25, 0.3) is 5.70 Å². The van der Waals surface area contributed by atoms with Gasteiger partial charge in [0.2, 0.25) is 5.95 Å². The highest BCUT2D eigenvalue weighted by Crippen LogP contribution is 2.33. The molecule has 0 aliphatic carbocycles. The predicted octanol–water partition coefficient (Wildman–Crippen LogP) is 3.55. The van der Waals surface area contributed by atoms with E-state index in [1.807, 2.05) is 18.2 Å². The Balaban J connectivity index is 1.80. The fourth-order valence-electron chi connectivity index (χ4n) is 2.31. The van der Waals surface area contributed by atoms with Gasteiger partial charge in [0, 0.05) is 15.0 Å². The summed E-state index contributed by atoms with van der Waals surface area (Å²) in [5.41, 5.74) is 2.12. The van der Waals surface area contributed by atoms with Crippen molar-refractivity contribution in [3.8, 4) is 0 Å². The summed E-state index contributed by atoms with van der Waals surface area (Å²) in [5.74, 6) is 0.661. The number of hydrogen-bond acceptors (Lipinski definition) is 5. The zero-order valence-electron chi connectivity index (χ0n) is 10.8. The lowest BCUT2D eigenvalue weighted by molar-refractivity contribution is 0.593. The number of fused-ring (bicyclic) bond motifs is 1. The van der Waals surface area contributed by atoms with Crippen LogP contribution < -0.4 is 5.32 Å². The van der Waals surface area contributed by atoms with Crippen LogP contribution in [-0.4, -0.2) is 20.2 Å². The molecule has 1 aliphatic heterocycles. The van der Waals surface area contributed by atoms with E-state index in [4.69, 9.17) is 0 Å². The molecule has 0 bridgehead atoms. The third kappa shape index (κ3) is 2.28. The molecule has 1 N–H and O–H groups in total. The zero-order chi connectivity index (χ0) is 14.2. The van der Waals surface area contributed by atoms with Gasteiger partial charge in [-0.2, -0.15) is 4.68 Å². The van der Waals surface area contributed by atoms with E-state index in [1.165, 1.54) is 4.88 Å². The first kappa shape index (κ1) is 12.7. The van der Waals surface area contributed by atoms with Gasteiger partial charge in [-0.15, -0.1) is 11.3 Å². The Bertz CT molecular complexity index is 791. The Hall–Kier alpha value is -1.99. The Labute approximate surface area is 133 Å². The van der Waals surface area contributed by atoms with Gasteiger partial charge in [-0.3, -0.25) is 0 Å². The molecule has 7 heteroatoms. The van der Waals surface area contributed by atoms with Crippen molar-refractivity contribution in [2.24, 2.45) is 0 Å². The summed E-state index contributed by atoms with van der Waals surface area (Å²) in [7, 11) is 0. The molecule has 0 saturated heterocycles. The van der Waals surface area contributed by atoms with E-state index in [1.54, 1.807) is 16.0 Å². The van der Waals surface area contributed by atoms with Crippen molar-refractivity contribution in [3.05, 3.63) is 62.8 Å². The first-order chi connectivity index (χ1) is 10.3. The molecule has 104 valence electrons. The van der Waals surface area contributed by atoms with Crippen LogP contribution in [0.4, 0.5) is 5.95 Å². The average Bonchev–Trinajstić information content (AvgIpc) is 3.18. The highest BCUT2D eigenvalue weighted by molar-refractivity contribution is 9.10. The molecule has 1 aliphatic rings. The number of hydrogen-bond donors (Lipinski definition) is 1. The molecular weight excluding hydrogens is 350 g/mol. The van der Waals surface area contributed by atoms with Crippen molar-refractivity contribution in [2.45, 2.75) is 6.04 Å². The number of rotatable bonds is 2. The molecule has 21 heavy (non-hydrogen) atoms. The van der Waals surface area contributed by atoms with Crippen molar-refractivity contribution in [2.75, 3.05) is 5.32 Å². The number of allylic oxidation sites excluding steroid dienone is 1. The minimum Gasteiger partial charge on any atom is -0.323 e. The maximum Gasteiger partial charge on any atom is 0.248 e. The summed E-state index contributed by atoms with van der Waals surface area (Å²) < 4.78 is 2.86. The SMILES string of the molecule is Brc1ccc(C2=C[C@@H](c3cccs3)n3nnnc3N2)cc1. The highest BCUT2D eigenvalue weighted by atomic mass is 79.9. The quantitative estimate of drug-likeness (QED) is 0.759. The van der Waals surface area contributed by atoms with Gasteiger partial charge in [0.05, 0.1) is 0 Å². The molecule has 0 amide bonds. The van der Waals surface area contributed by atoms with Crippen LogP contribution in [0.5, 0.6) is 0 Å². The summed E-state index contributed by atoms with van der Waals surface area (Å²) in [6.07, 6.45) is 2.15. The van der Waals surface area contributed by atoms with E-state index in [-0.39, 0.29) is 6.04 Å². The lowest BCUT2D eigenvalue weighted by Crippen LogP contribution is -2.19. The van der Waals surface area contributed by atoms with Crippen LogP contribution in [0.3, 0.4) is 0 Å². The maximum atomic E-state index is 4.08. The van der Waals surface area contributed by atoms with Gasteiger partial charge < -0.3 is 5.32 Å². The summed E-state index contributed by atoms with van der Waals surface area (Å²) >= 11 is 5.16. The fraction of sp³-hybridized carbons (Fsp3) is 0.0714. The van der Waals surface area contributed by atoms with Crippen molar-refractivity contribution in [1.29, 1.82) is 0 Å². The molecule has 1 aromatic carbocycles. The third-order valence-corrected chi connectivity index (χ3v) is 4.79. The molecule has 3 heterocycles. The second-order valence-corrected chi connectivity index (χ2v) is 6.51. The number of nitrogens with zero attached hydrogens (tertiary/aromatic N) is 4. The fourth-order valence-corrected chi connectivity index (χ4v) is 3.36. The van der Waals surface area contributed by atoms with Crippen molar-refractivity contribution >= 4 is 38.9 Å². The summed E-state index contributed by atoms with van der Waals surface area (Å²) in [6, 6.07) is 12.3. The lowest BCUT2D eigenvalue weighted by Gasteiger charge is -2.22. The van der Waals surface area contributed by atoms with Gasteiger partial charge in [-0.05, 0) is 45.6 Å². The minimum atomic E-state index is 0.0231. The molecule has 1 atom stereocenters. The van der Waals surface area contributed by atoms with E-state index < -0.39 is 0 Å². The summed E-state index contributed by atoms with van der Waals surface area (Å²) in [5, 5.41) is 17.3. The van der Waals surface area contributed by atoms with Gasteiger partial charge in [0.15, 0.2) is 0 Å².